The quantitative estimate of drug-likeness (QED) is 0.436. The Bertz CT molecular complexity index is 813. The molecule has 3 aromatic rings. The summed E-state index contributed by atoms with van der Waals surface area (Å²) in [5.74, 6) is -0.121. The van der Waals surface area contributed by atoms with E-state index >= 15 is 0 Å². The van der Waals surface area contributed by atoms with Crippen molar-refractivity contribution < 1.29 is 9.53 Å². The molecule has 21 heavy (non-hydrogen) atoms. The van der Waals surface area contributed by atoms with Gasteiger partial charge in [-0.15, -0.1) is 0 Å². The standard InChI is InChI=1S/C17H12ClNO2/c18-16-14-4-2-1-3-11(14)7-10-15(16)21-17(20)12-5-8-13(19)9-6-12/h1-10H,19H2. The van der Waals surface area contributed by atoms with E-state index in [1.807, 2.05) is 30.3 Å². The summed E-state index contributed by atoms with van der Waals surface area (Å²) in [6.07, 6.45) is 0. The summed E-state index contributed by atoms with van der Waals surface area (Å²) < 4.78 is 5.37. The Morgan fingerprint density at radius 2 is 1.67 bits per heavy atom. The van der Waals surface area contributed by atoms with Crippen LogP contribution < -0.4 is 10.5 Å². The van der Waals surface area contributed by atoms with Gasteiger partial charge in [0.2, 0.25) is 0 Å². The number of rotatable bonds is 2. The number of fused-ring (bicyclic) bond motifs is 1. The largest absolute Gasteiger partial charge is 0.421 e. The van der Waals surface area contributed by atoms with Crippen molar-refractivity contribution >= 4 is 34.0 Å². The fraction of sp³-hybridized carbons (Fsp3) is 0. The number of halogens is 1. The van der Waals surface area contributed by atoms with Crippen molar-refractivity contribution in [1.82, 2.24) is 0 Å². The first-order chi connectivity index (χ1) is 10.1. The summed E-state index contributed by atoms with van der Waals surface area (Å²) in [6.45, 7) is 0. The van der Waals surface area contributed by atoms with E-state index in [-0.39, 0.29) is 0 Å². The Hall–Kier alpha value is -2.52. The van der Waals surface area contributed by atoms with Crippen molar-refractivity contribution in [2.75, 3.05) is 5.73 Å². The SMILES string of the molecule is Nc1ccc(C(=O)Oc2ccc3ccccc3c2Cl)cc1. The molecule has 0 saturated heterocycles. The normalized spacial score (nSPS) is 10.5. The van der Waals surface area contributed by atoms with Crippen molar-refractivity contribution in [2.24, 2.45) is 0 Å². The summed E-state index contributed by atoms with van der Waals surface area (Å²) in [6, 6.07) is 17.8. The highest BCUT2D eigenvalue weighted by Gasteiger charge is 2.12. The van der Waals surface area contributed by atoms with E-state index in [1.165, 1.54) is 0 Å². The Morgan fingerprint density at radius 1 is 0.952 bits per heavy atom. The summed E-state index contributed by atoms with van der Waals surface area (Å²) in [7, 11) is 0. The van der Waals surface area contributed by atoms with Crippen molar-refractivity contribution in [3.05, 3.63) is 71.2 Å². The Labute approximate surface area is 126 Å². The molecule has 3 aromatic carbocycles. The molecule has 0 aliphatic carbocycles. The fourth-order valence-corrected chi connectivity index (χ4v) is 2.34. The van der Waals surface area contributed by atoms with Crippen LogP contribution in [-0.4, -0.2) is 5.97 Å². The number of nitrogen functional groups attached to an aromatic ring is 1. The molecule has 0 fully saturated rings. The molecule has 0 amide bonds. The molecule has 104 valence electrons. The maximum absolute atomic E-state index is 12.1. The molecule has 4 heteroatoms. The maximum Gasteiger partial charge on any atom is 0.343 e. The predicted octanol–water partition coefficient (Wildman–Crippen LogP) is 4.29. The molecule has 0 bridgehead atoms. The topological polar surface area (TPSA) is 52.3 Å². The van der Waals surface area contributed by atoms with Crippen molar-refractivity contribution in [3.63, 3.8) is 0 Å². The molecule has 2 N–H and O–H groups in total. The first kappa shape index (κ1) is 13.5. The van der Waals surface area contributed by atoms with Gasteiger partial charge in [-0.2, -0.15) is 0 Å². The molecule has 0 atom stereocenters. The zero-order valence-corrected chi connectivity index (χ0v) is 11.8. The zero-order chi connectivity index (χ0) is 14.8. The van der Waals surface area contributed by atoms with Crippen molar-refractivity contribution in [3.8, 4) is 5.75 Å². The van der Waals surface area contributed by atoms with Crippen LogP contribution in [0.25, 0.3) is 10.8 Å². The molecule has 3 nitrogen and oxygen atoms in total. The fourth-order valence-electron chi connectivity index (χ4n) is 2.07. The third kappa shape index (κ3) is 2.69. The second-order valence-corrected chi connectivity index (χ2v) is 4.99. The van der Waals surface area contributed by atoms with Crippen LogP contribution in [0.4, 0.5) is 5.69 Å². The average molecular weight is 298 g/mol. The number of hydrogen-bond acceptors (Lipinski definition) is 3. The molecular formula is C17H12ClNO2. The van der Waals surface area contributed by atoms with Gasteiger partial charge in [0.25, 0.3) is 0 Å². The first-order valence-electron chi connectivity index (χ1n) is 6.40. The number of benzene rings is 3. The van der Waals surface area contributed by atoms with Gasteiger partial charge in [-0.05, 0) is 35.7 Å². The highest BCUT2D eigenvalue weighted by molar-refractivity contribution is 6.37. The Kier molecular flexibility index (Phi) is 3.50. The zero-order valence-electron chi connectivity index (χ0n) is 11.0. The van der Waals surface area contributed by atoms with Gasteiger partial charge in [0.05, 0.1) is 10.6 Å². The lowest BCUT2D eigenvalue weighted by Gasteiger charge is -2.08. The van der Waals surface area contributed by atoms with Gasteiger partial charge in [-0.1, -0.05) is 41.9 Å². The van der Waals surface area contributed by atoms with Gasteiger partial charge in [0, 0.05) is 11.1 Å². The van der Waals surface area contributed by atoms with Crippen LogP contribution in [0.15, 0.2) is 60.7 Å². The molecule has 0 radical (unpaired) electrons. The minimum absolute atomic E-state index is 0.345. The Balaban J connectivity index is 1.93. The molecule has 0 aliphatic rings. The second-order valence-electron chi connectivity index (χ2n) is 4.61. The van der Waals surface area contributed by atoms with Crippen molar-refractivity contribution in [1.29, 1.82) is 0 Å². The summed E-state index contributed by atoms with van der Waals surface area (Å²) in [5.41, 5.74) is 6.61. The lowest BCUT2D eigenvalue weighted by Crippen LogP contribution is -2.08. The molecule has 3 rings (SSSR count). The third-order valence-corrected chi connectivity index (χ3v) is 3.57. The minimum Gasteiger partial charge on any atom is -0.421 e. The van der Waals surface area contributed by atoms with Crippen LogP contribution in [0, 0.1) is 0 Å². The molecule has 0 heterocycles. The average Bonchev–Trinajstić information content (AvgIpc) is 2.51. The van der Waals surface area contributed by atoms with E-state index in [1.54, 1.807) is 30.3 Å². The van der Waals surface area contributed by atoms with Crippen LogP contribution in [0.1, 0.15) is 10.4 Å². The number of carbonyl (C=O) groups is 1. The van der Waals surface area contributed by atoms with E-state index in [0.717, 1.165) is 10.8 Å². The number of nitrogens with two attached hydrogens (primary N) is 1. The second kappa shape index (κ2) is 5.46. The molecule has 0 spiro atoms. The molecule has 0 aromatic heterocycles. The molecule has 0 saturated carbocycles. The first-order valence-corrected chi connectivity index (χ1v) is 6.78. The van der Waals surface area contributed by atoms with Crippen LogP contribution in [0.5, 0.6) is 5.75 Å². The third-order valence-electron chi connectivity index (χ3n) is 3.18. The number of anilines is 1. The van der Waals surface area contributed by atoms with Crippen LogP contribution in [-0.2, 0) is 0 Å². The summed E-state index contributed by atoms with van der Waals surface area (Å²) in [5, 5.41) is 2.27. The van der Waals surface area contributed by atoms with Gasteiger partial charge >= 0.3 is 5.97 Å². The number of esters is 1. The summed E-state index contributed by atoms with van der Waals surface area (Å²) in [4.78, 5) is 12.1. The predicted molar refractivity (Wildman–Crippen MR) is 84.8 cm³/mol. The van der Waals surface area contributed by atoms with E-state index in [0.29, 0.717) is 22.0 Å². The summed E-state index contributed by atoms with van der Waals surface area (Å²) >= 11 is 6.30. The van der Waals surface area contributed by atoms with Crippen LogP contribution in [0.2, 0.25) is 5.02 Å². The number of ether oxygens (including phenoxy) is 1. The van der Waals surface area contributed by atoms with E-state index in [2.05, 4.69) is 0 Å². The minimum atomic E-state index is -0.466. The van der Waals surface area contributed by atoms with E-state index < -0.39 is 5.97 Å². The van der Waals surface area contributed by atoms with Gasteiger partial charge in [0.1, 0.15) is 5.75 Å². The lowest BCUT2D eigenvalue weighted by molar-refractivity contribution is 0.0735. The Morgan fingerprint density at radius 3 is 2.43 bits per heavy atom. The van der Waals surface area contributed by atoms with Crippen molar-refractivity contribution in [2.45, 2.75) is 0 Å². The number of carbonyl (C=O) groups excluding carboxylic acids is 1. The van der Waals surface area contributed by atoms with Gasteiger partial charge in [-0.3, -0.25) is 0 Å². The number of hydrogen-bond donors (Lipinski definition) is 1. The smallest absolute Gasteiger partial charge is 0.343 e. The van der Waals surface area contributed by atoms with Gasteiger partial charge < -0.3 is 10.5 Å². The molecule has 0 unspecified atom stereocenters. The maximum atomic E-state index is 12.1. The van der Waals surface area contributed by atoms with Gasteiger partial charge in [0.15, 0.2) is 0 Å². The van der Waals surface area contributed by atoms with Crippen LogP contribution in [0.3, 0.4) is 0 Å². The monoisotopic (exact) mass is 297 g/mol. The lowest BCUT2D eigenvalue weighted by atomic mass is 10.1. The molecule has 0 aliphatic heterocycles. The molecular weight excluding hydrogens is 286 g/mol. The van der Waals surface area contributed by atoms with E-state index in [9.17, 15) is 4.79 Å². The highest BCUT2D eigenvalue weighted by Crippen LogP contribution is 2.33. The van der Waals surface area contributed by atoms with Crippen LogP contribution >= 0.6 is 11.6 Å². The van der Waals surface area contributed by atoms with Gasteiger partial charge in [-0.25, -0.2) is 4.79 Å². The van der Waals surface area contributed by atoms with E-state index in [4.69, 9.17) is 22.1 Å². The highest BCUT2D eigenvalue weighted by atomic mass is 35.5.